The average molecular weight is 309 g/mol. The van der Waals surface area contributed by atoms with Gasteiger partial charge in [0.05, 0.1) is 5.92 Å². The third kappa shape index (κ3) is 5.59. The molecule has 0 unspecified atom stereocenters. The number of carbonyl (C=O) groups excluding carboxylic acids is 1. The Morgan fingerprint density at radius 1 is 0.864 bits per heavy atom. The van der Waals surface area contributed by atoms with E-state index in [0.717, 1.165) is 37.5 Å². The van der Waals surface area contributed by atoms with Gasteiger partial charge in [-0.1, -0.05) is 46.0 Å². The van der Waals surface area contributed by atoms with Crippen LogP contribution in [0.2, 0.25) is 0 Å². The Bertz CT molecular complexity index is 310. The summed E-state index contributed by atoms with van der Waals surface area (Å²) in [5.74, 6) is 2.06. The molecule has 2 aliphatic rings. The van der Waals surface area contributed by atoms with Gasteiger partial charge in [0.2, 0.25) is 0 Å². The molecule has 0 bridgehead atoms. The monoisotopic (exact) mass is 308 g/mol. The van der Waals surface area contributed by atoms with Gasteiger partial charge in [-0.05, 0) is 63.2 Å². The first kappa shape index (κ1) is 17.8. The number of ether oxygens (including phenoxy) is 1. The van der Waals surface area contributed by atoms with Crippen LogP contribution >= 0.6 is 0 Å². The molecule has 0 aromatic heterocycles. The molecule has 2 nitrogen and oxygen atoms in total. The van der Waals surface area contributed by atoms with Crippen molar-refractivity contribution in [2.45, 2.75) is 103 Å². The number of carbonyl (C=O) groups is 1. The fraction of sp³-hybridized carbons (Fsp3) is 0.950. The largest absolute Gasteiger partial charge is 0.462 e. The topological polar surface area (TPSA) is 26.3 Å². The van der Waals surface area contributed by atoms with Crippen LogP contribution in [-0.4, -0.2) is 12.1 Å². The van der Waals surface area contributed by atoms with Gasteiger partial charge in [-0.3, -0.25) is 4.79 Å². The summed E-state index contributed by atoms with van der Waals surface area (Å²) < 4.78 is 5.82. The zero-order chi connectivity index (χ0) is 15.8. The second-order valence-corrected chi connectivity index (χ2v) is 7.70. The van der Waals surface area contributed by atoms with Crippen LogP contribution < -0.4 is 0 Å². The van der Waals surface area contributed by atoms with Crippen molar-refractivity contribution in [1.29, 1.82) is 0 Å². The van der Waals surface area contributed by atoms with Crippen molar-refractivity contribution in [2.75, 3.05) is 0 Å². The standard InChI is InChI=1S/C20H36O2/c1-3-5-6-7-17-8-12-18(13-9-17)20(21)22-19-14-10-16(4-2)11-15-19/h16-19H,3-15H2,1-2H3. The quantitative estimate of drug-likeness (QED) is 0.433. The lowest BCUT2D eigenvalue weighted by molar-refractivity contribution is -0.157. The summed E-state index contributed by atoms with van der Waals surface area (Å²) in [6.07, 6.45) is 16.2. The van der Waals surface area contributed by atoms with Crippen LogP contribution in [0.4, 0.5) is 0 Å². The molecule has 128 valence electrons. The predicted molar refractivity (Wildman–Crippen MR) is 91.7 cm³/mol. The van der Waals surface area contributed by atoms with Gasteiger partial charge >= 0.3 is 5.97 Å². The Hall–Kier alpha value is -0.530. The van der Waals surface area contributed by atoms with Crippen LogP contribution in [0.3, 0.4) is 0 Å². The van der Waals surface area contributed by atoms with Crippen LogP contribution in [0.25, 0.3) is 0 Å². The van der Waals surface area contributed by atoms with E-state index in [4.69, 9.17) is 4.74 Å². The van der Waals surface area contributed by atoms with Gasteiger partial charge in [-0.15, -0.1) is 0 Å². The van der Waals surface area contributed by atoms with Crippen molar-refractivity contribution in [3.8, 4) is 0 Å². The summed E-state index contributed by atoms with van der Waals surface area (Å²) in [5, 5.41) is 0. The molecular formula is C20H36O2. The number of esters is 1. The molecule has 0 amide bonds. The Morgan fingerprint density at radius 2 is 1.50 bits per heavy atom. The lowest BCUT2D eigenvalue weighted by Gasteiger charge is -2.31. The third-order valence-corrected chi connectivity index (χ3v) is 6.05. The average Bonchev–Trinajstić information content (AvgIpc) is 2.56. The summed E-state index contributed by atoms with van der Waals surface area (Å²) in [6, 6.07) is 0. The summed E-state index contributed by atoms with van der Waals surface area (Å²) >= 11 is 0. The van der Waals surface area contributed by atoms with Crippen molar-refractivity contribution in [3.63, 3.8) is 0 Å². The van der Waals surface area contributed by atoms with Gasteiger partial charge in [-0.25, -0.2) is 0 Å². The smallest absolute Gasteiger partial charge is 0.309 e. The molecule has 2 aliphatic carbocycles. The molecule has 0 aromatic rings. The molecule has 22 heavy (non-hydrogen) atoms. The molecule has 0 aliphatic heterocycles. The Labute approximate surface area is 137 Å². The summed E-state index contributed by atoms with van der Waals surface area (Å²) in [5.41, 5.74) is 0. The fourth-order valence-corrected chi connectivity index (χ4v) is 4.29. The zero-order valence-corrected chi connectivity index (χ0v) is 14.8. The van der Waals surface area contributed by atoms with Crippen molar-refractivity contribution >= 4 is 5.97 Å². The predicted octanol–water partition coefficient (Wildman–Crippen LogP) is 5.89. The van der Waals surface area contributed by atoms with Crippen LogP contribution in [0.1, 0.15) is 97.3 Å². The highest BCUT2D eigenvalue weighted by Gasteiger charge is 2.30. The zero-order valence-electron chi connectivity index (χ0n) is 14.8. The SMILES string of the molecule is CCCCCC1CCC(C(=O)OC2CCC(CC)CC2)CC1. The van der Waals surface area contributed by atoms with E-state index in [1.165, 1.54) is 57.8 Å². The first-order valence-corrected chi connectivity index (χ1v) is 9.93. The highest BCUT2D eigenvalue weighted by atomic mass is 16.5. The maximum absolute atomic E-state index is 12.4. The minimum absolute atomic E-state index is 0.118. The van der Waals surface area contributed by atoms with Crippen molar-refractivity contribution in [2.24, 2.45) is 17.8 Å². The normalized spacial score (nSPS) is 32.6. The fourth-order valence-electron chi connectivity index (χ4n) is 4.29. The molecule has 2 rings (SSSR count). The molecule has 0 atom stereocenters. The van der Waals surface area contributed by atoms with E-state index in [2.05, 4.69) is 13.8 Å². The number of unbranched alkanes of at least 4 members (excludes halogenated alkanes) is 2. The van der Waals surface area contributed by atoms with Crippen molar-refractivity contribution in [1.82, 2.24) is 0 Å². The van der Waals surface area contributed by atoms with Gasteiger partial charge in [0.1, 0.15) is 6.10 Å². The number of rotatable bonds is 7. The molecule has 0 radical (unpaired) electrons. The molecule has 0 N–H and O–H groups in total. The molecular weight excluding hydrogens is 272 g/mol. The molecule has 0 saturated heterocycles. The molecule has 2 fully saturated rings. The number of hydrogen-bond donors (Lipinski definition) is 0. The second kappa shape index (κ2) is 9.57. The van der Waals surface area contributed by atoms with E-state index in [1.54, 1.807) is 0 Å². The lowest BCUT2D eigenvalue weighted by Crippen LogP contribution is -2.30. The van der Waals surface area contributed by atoms with Gasteiger partial charge < -0.3 is 4.74 Å². The maximum atomic E-state index is 12.4. The lowest BCUT2D eigenvalue weighted by atomic mass is 9.79. The first-order chi connectivity index (χ1) is 10.7. The minimum atomic E-state index is 0.118. The van der Waals surface area contributed by atoms with E-state index in [9.17, 15) is 4.79 Å². The van der Waals surface area contributed by atoms with Gasteiger partial charge in [0, 0.05) is 0 Å². The maximum Gasteiger partial charge on any atom is 0.309 e. The molecule has 2 saturated carbocycles. The molecule has 0 heterocycles. The summed E-state index contributed by atoms with van der Waals surface area (Å²) in [7, 11) is 0. The van der Waals surface area contributed by atoms with Gasteiger partial charge in [0.15, 0.2) is 0 Å². The highest BCUT2D eigenvalue weighted by molar-refractivity contribution is 5.72. The van der Waals surface area contributed by atoms with Gasteiger partial charge in [-0.2, -0.15) is 0 Å². The van der Waals surface area contributed by atoms with Crippen LogP contribution in [0.5, 0.6) is 0 Å². The van der Waals surface area contributed by atoms with Crippen LogP contribution in [0.15, 0.2) is 0 Å². The first-order valence-electron chi connectivity index (χ1n) is 9.93. The van der Waals surface area contributed by atoms with Crippen LogP contribution in [-0.2, 0) is 9.53 Å². The number of hydrogen-bond acceptors (Lipinski definition) is 2. The minimum Gasteiger partial charge on any atom is -0.462 e. The molecule has 0 aromatic carbocycles. The van der Waals surface area contributed by atoms with Crippen molar-refractivity contribution in [3.05, 3.63) is 0 Å². The Morgan fingerprint density at radius 3 is 2.09 bits per heavy atom. The molecule has 2 heteroatoms. The third-order valence-electron chi connectivity index (χ3n) is 6.05. The van der Waals surface area contributed by atoms with E-state index >= 15 is 0 Å². The summed E-state index contributed by atoms with van der Waals surface area (Å²) in [6.45, 7) is 4.54. The summed E-state index contributed by atoms with van der Waals surface area (Å²) in [4.78, 5) is 12.4. The Balaban J connectivity index is 1.63. The van der Waals surface area contributed by atoms with E-state index < -0.39 is 0 Å². The molecule has 0 spiro atoms. The van der Waals surface area contributed by atoms with Crippen molar-refractivity contribution < 1.29 is 9.53 Å². The van der Waals surface area contributed by atoms with Crippen LogP contribution in [0, 0.1) is 17.8 Å². The van der Waals surface area contributed by atoms with E-state index in [0.29, 0.717) is 0 Å². The van der Waals surface area contributed by atoms with E-state index in [-0.39, 0.29) is 18.0 Å². The van der Waals surface area contributed by atoms with Gasteiger partial charge in [0.25, 0.3) is 0 Å². The Kier molecular flexibility index (Phi) is 7.75. The highest BCUT2D eigenvalue weighted by Crippen LogP contribution is 2.34. The second-order valence-electron chi connectivity index (χ2n) is 7.70. The van der Waals surface area contributed by atoms with E-state index in [1.807, 2.05) is 0 Å².